The molecule has 0 fully saturated rings. The Morgan fingerprint density at radius 3 is 2.40 bits per heavy atom. The minimum Gasteiger partial charge on any atom is -0.506 e. The van der Waals surface area contributed by atoms with Gasteiger partial charge >= 0.3 is 6.18 Å². The molecular weight excluding hydrogens is 297 g/mol. The van der Waals surface area contributed by atoms with Crippen LogP contribution in [0, 0.1) is 0 Å². The summed E-state index contributed by atoms with van der Waals surface area (Å²) in [7, 11) is -4.31. The lowest BCUT2D eigenvalue weighted by molar-refractivity contribution is -0.136. The molecule has 114 valence electrons. The Balaban J connectivity index is 3.18. The molecule has 0 bridgehead atoms. The van der Waals surface area contributed by atoms with E-state index in [1.54, 1.807) is 6.92 Å². The smallest absolute Gasteiger partial charge is 0.402 e. The molecule has 0 aromatic heterocycles. The van der Waals surface area contributed by atoms with E-state index in [1.807, 2.05) is 0 Å². The molecule has 9 heteroatoms. The number of hydrogen-bond acceptors (Lipinski definition) is 4. The van der Waals surface area contributed by atoms with Crippen LogP contribution < -0.4 is 5.73 Å². The van der Waals surface area contributed by atoms with E-state index in [4.69, 9.17) is 5.73 Å². The summed E-state index contributed by atoms with van der Waals surface area (Å²) in [5, 5.41) is 9.22. The molecule has 0 spiro atoms. The first-order chi connectivity index (χ1) is 9.08. The highest BCUT2D eigenvalue weighted by molar-refractivity contribution is 7.89. The van der Waals surface area contributed by atoms with Crippen LogP contribution in [0.5, 0.6) is 5.75 Å². The van der Waals surface area contributed by atoms with Crippen LogP contribution in [-0.2, 0) is 10.0 Å². The molecule has 0 atom stereocenters. The van der Waals surface area contributed by atoms with Crippen molar-refractivity contribution < 1.29 is 26.7 Å². The van der Waals surface area contributed by atoms with E-state index < -0.39 is 22.7 Å². The molecule has 0 heterocycles. The van der Waals surface area contributed by atoms with Gasteiger partial charge in [0.05, 0.1) is 10.6 Å². The lowest BCUT2D eigenvalue weighted by Gasteiger charge is -2.23. The van der Waals surface area contributed by atoms with Gasteiger partial charge in [-0.1, -0.05) is 6.92 Å². The van der Waals surface area contributed by atoms with E-state index in [-0.39, 0.29) is 29.3 Å². The van der Waals surface area contributed by atoms with E-state index >= 15 is 0 Å². The van der Waals surface area contributed by atoms with Crippen molar-refractivity contribution in [3.05, 3.63) is 18.2 Å². The van der Waals surface area contributed by atoms with E-state index in [1.165, 1.54) is 0 Å². The van der Waals surface area contributed by atoms with Crippen LogP contribution in [-0.4, -0.2) is 37.1 Å². The molecule has 0 amide bonds. The zero-order valence-electron chi connectivity index (χ0n) is 10.7. The third-order valence-electron chi connectivity index (χ3n) is 2.47. The monoisotopic (exact) mass is 312 g/mol. The van der Waals surface area contributed by atoms with Crippen molar-refractivity contribution in [2.75, 3.05) is 18.8 Å². The predicted octanol–water partition coefficient (Wildman–Crippen LogP) is 1.94. The van der Waals surface area contributed by atoms with Crippen molar-refractivity contribution >= 4 is 15.7 Å². The Labute approximate surface area is 114 Å². The van der Waals surface area contributed by atoms with Crippen LogP contribution in [0.4, 0.5) is 18.9 Å². The molecule has 20 heavy (non-hydrogen) atoms. The van der Waals surface area contributed by atoms with E-state index in [0.717, 1.165) is 18.2 Å². The number of nitrogens with zero attached hydrogens (tertiary/aromatic N) is 1. The van der Waals surface area contributed by atoms with Gasteiger partial charge in [0, 0.05) is 6.54 Å². The van der Waals surface area contributed by atoms with E-state index in [0.29, 0.717) is 4.31 Å². The minimum absolute atomic E-state index is 0.213. The van der Waals surface area contributed by atoms with Crippen molar-refractivity contribution in [2.45, 2.75) is 24.4 Å². The molecule has 0 saturated heterocycles. The Morgan fingerprint density at radius 1 is 1.35 bits per heavy atom. The fourth-order valence-corrected chi connectivity index (χ4v) is 3.13. The maximum atomic E-state index is 12.4. The Kier molecular flexibility index (Phi) is 4.87. The first-order valence-electron chi connectivity index (χ1n) is 5.73. The van der Waals surface area contributed by atoms with Gasteiger partial charge in [-0.25, -0.2) is 8.42 Å². The van der Waals surface area contributed by atoms with Gasteiger partial charge in [-0.05, 0) is 24.6 Å². The molecule has 0 aliphatic rings. The summed E-state index contributed by atoms with van der Waals surface area (Å²) >= 11 is 0. The molecule has 1 rings (SSSR count). The minimum atomic E-state index is -4.63. The number of benzene rings is 1. The van der Waals surface area contributed by atoms with Crippen LogP contribution in [0.15, 0.2) is 23.1 Å². The number of nitrogens with two attached hydrogens (primary N) is 1. The summed E-state index contributed by atoms with van der Waals surface area (Å²) < 4.78 is 62.0. The first kappa shape index (κ1) is 16.6. The van der Waals surface area contributed by atoms with E-state index in [9.17, 15) is 26.7 Å². The fraction of sp³-hybridized carbons (Fsp3) is 0.455. The summed E-state index contributed by atoms with van der Waals surface area (Å²) in [5.74, 6) is -0.332. The van der Waals surface area contributed by atoms with Gasteiger partial charge in [-0.15, -0.1) is 0 Å². The second-order valence-corrected chi connectivity index (χ2v) is 6.11. The van der Waals surface area contributed by atoms with Crippen molar-refractivity contribution in [1.29, 1.82) is 0 Å². The number of aromatic hydroxyl groups is 1. The number of nitrogen functional groups attached to an aromatic ring is 1. The highest BCUT2D eigenvalue weighted by Crippen LogP contribution is 2.27. The average Bonchev–Trinajstić information content (AvgIpc) is 2.30. The zero-order valence-corrected chi connectivity index (χ0v) is 11.5. The average molecular weight is 312 g/mol. The Hall–Kier alpha value is -1.48. The summed E-state index contributed by atoms with van der Waals surface area (Å²) in [6, 6.07) is 2.98. The van der Waals surface area contributed by atoms with Crippen molar-refractivity contribution in [1.82, 2.24) is 4.31 Å². The standard InChI is InChI=1S/C11H15F3N2O3S/c1-2-5-16(7-11(12,13)14)20(18,19)8-3-4-10(17)9(15)6-8/h3-4,6,17H,2,5,7,15H2,1H3. The summed E-state index contributed by atoms with van der Waals surface area (Å²) in [4.78, 5) is -0.384. The molecule has 0 unspecified atom stereocenters. The van der Waals surface area contributed by atoms with E-state index in [2.05, 4.69) is 0 Å². The molecular formula is C11H15F3N2O3S. The largest absolute Gasteiger partial charge is 0.506 e. The van der Waals surface area contributed by atoms with Crippen LogP contribution in [0.2, 0.25) is 0 Å². The van der Waals surface area contributed by atoms with Crippen LogP contribution in [0.25, 0.3) is 0 Å². The molecule has 0 radical (unpaired) electrons. The fourth-order valence-electron chi connectivity index (χ4n) is 1.58. The van der Waals surface area contributed by atoms with Crippen LogP contribution in [0.1, 0.15) is 13.3 Å². The maximum Gasteiger partial charge on any atom is 0.402 e. The van der Waals surface area contributed by atoms with Gasteiger partial charge in [-0.2, -0.15) is 17.5 Å². The molecule has 0 saturated carbocycles. The summed E-state index contributed by atoms with van der Waals surface area (Å²) in [6.45, 7) is -0.253. The van der Waals surface area contributed by atoms with Gasteiger partial charge < -0.3 is 10.8 Å². The molecule has 1 aromatic carbocycles. The molecule has 0 aliphatic heterocycles. The van der Waals surface area contributed by atoms with Crippen molar-refractivity contribution in [3.8, 4) is 5.75 Å². The number of sulfonamides is 1. The normalized spacial score (nSPS) is 12.8. The predicted molar refractivity (Wildman–Crippen MR) is 67.6 cm³/mol. The summed E-state index contributed by atoms with van der Waals surface area (Å²) in [6.07, 6.45) is -4.40. The SMILES string of the molecule is CCCN(CC(F)(F)F)S(=O)(=O)c1ccc(O)c(N)c1. The van der Waals surface area contributed by atoms with Crippen molar-refractivity contribution in [3.63, 3.8) is 0 Å². The molecule has 3 N–H and O–H groups in total. The van der Waals surface area contributed by atoms with Crippen LogP contribution in [0.3, 0.4) is 0 Å². The topological polar surface area (TPSA) is 83.6 Å². The number of halogens is 3. The first-order valence-corrected chi connectivity index (χ1v) is 7.17. The highest BCUT2D eigenvalue weighted by Gasteiger charge is 2.36. The van der Waals surface area contributed by atoms with Gasteiger partial charge in [-0.3, -0.25) is 0 Å². The van der Waals surface area contributed by atoms with Gasteiger partial charge in [0.15, 0.2) is 0 Å². The second kappa shape index (κ2) is 5.88. The number of alkyl halides is 3. The quantitative estimate of drug-likeness (QED) is 0.643. The number of hydrogen-bond donors (Lipinski definition) is 2. The Bertz CT molecular complexity index is 573. The number of phenols is 1. The molecule has 1 aromatic rings. The third kappa shape index (κ3) is 4.01. The zero-order chi connectivity index (χ0) is 15.6. The van der Waals surface area contributed by atoms with Crippen LogP contribution >= 0.6 is 0 Å². The second-order valence-electron chi connectivity index (χ2n) is 4.17. The number of phenolic OH excluding ortho intramolecular Hbond substituents is 1. The lowest BCUT2D eigenvalue weighted by atomic mass is 10.3. The lowest BCUT2D eigenvalue weighted by Crippen LogP contribution is -2.39. The van der Waals surface area contributed by atoms with Gasteiger partial charge in [0.1, 0.15) is 12.3 Å². The summed E-state index contributed by atoms with van der Waals surface area (Å²) in [5.41, 5.74) is 5.15. The highest BCUT2D eigenvalue weighted by atomic mass is 32.2. The number of anilines is 1. The van der Waals surface area contributed by atoms with Crippen molar-refractivity contribution in [2.24, 2.45) is 0 Å². The van der Waals surface area contributed by atoms with Gasteiger partial charge in [0.2, 0.25) is 10.0 Å². The maximum absolute atomic E-state index is 12.4. The Morgan fingerprint density at radius 2 is 1.95 bits per heavy atom. The molecule has 5 nitrogen and oxygen atoms in total. The number of rotatable bonds is 5. The van der Waals surface area contributed by atoms with Gasteiger partial charge in [0.25, 0.3) is 0 Å². The third-order valence-corrected chi connectivity index (χ3v) is 4.31. The molecule has 0 aliphatic carbocycles.